The Kier molecular flexibility index (Phi) is 5.30. The van der Waals surface area contributed by atoms with E-state index in [9.17, 15) is 9.59 Å². The Morgan fingerprint density at radius 3 is 2.81 bits per heavy atom. The Balaban J connectivity index is 1.65. The first-order chi connectivity index (χ1) is 14.7. The molecule has 1 saturated heterocycles. The third-order valence-corrected chi connectivity index (χ3v) is 4.96. The smallest absolute Gasteiger partial charge is 0.410 e. The minimum Gasteiger partial charge on any atom is -0.496 e. The van der Waals surface area contributed by atoms with Gasteiger partial charge in [-0.05, 0) is 44.7 Å². The number of pyridine rings is 1. The summed E-state index contributed by atoms with van der Waals surface area (Å²) in [5.41, 5.74) is -0.424. The molecule has 3 heterocycles. The number of ether oxygens (including phenoxy) is 2. The van der Waals surface area contributed by atoms with Gasteiger partial charge in [-0.1, -0.05) is 12.1 Å². The number of hydrogen-bond donors (Lipinski definition) is 3. The van der Waals surface area contributed by atoms with Crippen LogP contribution in [0.3, 0.4) is 0 Å². The molecule has 10 heteroatoms. The fourth-order valence-corrected chi connectivity index (χ4v) is 3.63. The zero-order valence-corrected chi connectivity index (χ0v) is 18.0. The summed E-state index contributed by atoms with van der Waals surface area (Å²) >= 11 is 0. The second kappa shape index (κ2) is 7.93. The maximum absolute atomic E-state index is 12.4. The molecule has 1 amide bonds. The van der Waals surface area contributed by atoms with E-state index in [2.05, 4.69) is 20.5 Å². The van der Waals surface area contributed by atoms with Gasteiger partial charge >= 0.3 is 11.8 Å². The van der Waals surface area contributed by atoms with Gasteiger partial charge in [-0.3, -0.25) is 4.98 Å². The van der Waals surface area contributed by atoms with Gasteiger partial charge in [0.25, 0.3) is 0 Å². The number of aromatic amines is 2. The number of aromatic nitrogens is 4. The third kappa shape index (κ3) is 4.47. The van der Waals surface area contributed by atoms with Gasteiger partial charge in [0.15, 0.2) is 5.82 Å². The molecule has 0 aliphatic carbocycles. The van der Waals surface area contributed by atoms with Crippen molar-refractivity contribution in [1.29, 1.82) is 0 Å². The van der Waals surface area contributed by atoms with E-state index >= 15 is 0 Å². The number of fused-ring (bicyclic) bond motifs is 1. The third-order valence-electron chi connectivity index (χ3n) is 4.96. The SMILES string of the molecule is COc1cccc2cc(-c3n[nH]c(=O)[nH]3)nc(NC3CCN(C(=O)OC(C)(C)C)C3)c12. The molecule has 4 rings (SSSR count). The first kappa shape index (κ1) is 20.7. The number of benzene rings is 1. The largest absolute Gasteiger partial charge is 0.496 e. The summed E-state index contributed by atoms with van der Waals surface area (Å²) in [7, 11) is 1.61. The molecule has 3 N–H and O–H groups in total. The molecule has 3 aromatic rings. The number of carbonyl (C=O) groups is 1. The van der Waals surface area contributed by atoms with E-state index in [-0.39, 0.29) is 12.1 Å². The van der Waals surface area contributed by atoms with Gasteiger partial charge < -0.3 is 19.7 Å². The molecule has 1 atom stereocenters. The first-order valence-corrected chi connectivity index (χ1v) is 10.1. The van der Waals surface area contributed by atoms with Crippen molar-refractivity contribution in [2.45, 2.75) is 38.8 Å². The molecule has 1 fully saturated rings. The topological polar surface area (TPSA) is 125 Å². The molecule has 10 nitrogen and oxygen atoms in total. The number of carbonyl (C=O) groups excluding carboxylic acids is 1. The lowest BCUT2D eigenvalue weighted by Gasteiger charge is -2.24. The van der Waals surface area contributed by atoms with Crippen LogP contribution >= 0.6 is 0 Å². The van der Waals surface area contributed by atoms with Gasteiger partial charge in [0.2, 0.25) is 0 Å². The fourth-order valence-electron chi connectivity index (χ4n) is 3.63. The Morgan fingerprint density at radius 1 is 1.32 bits per heavy atom. The number of methoxy groups -OCH3 is 1. The lowest BCUT2D eigenvalue weighted by molar-refractivity contribution is 0.0293. The zero-order chi connectivity index (χ0) is 22.2. The van der Waals surface area contributed by atoms with E-state index in [0.29, 0.717) is 36.2 Å². The minimum absolute atomic E-state index is 0.0124. The molecular weight excluding hydrogens is 400 g/mol. The molecule has 2 aromatic heterocycles. The summed E-state index contributed by atoms with van der Waals surface area (Å²) in [6, 6.07) is 7.54. The van der Waals surface area contributed by atoms with Crippen LogP contribution in [0.25, 0.3) is 22.3 Å². The molecule has 1 aromatic carbocycles. The first-order valence-electron chi connectivity index (χ1n) is 10.1. The fraction of sp³-hybridized carbons (Fsp3) is 0.429. The van der Waals surface area contributed by atoms with Crippen molar-refractivity contribution in [1.82, 2.24) is 25.1 Å². The van der Waals surface area contributed by atoms with Crippen LogP contribution in [0, 0.1) is 0 Å². The van der Waals surface area contributed by atoms with Crippen molar-refractivity contribution in [3.8, 4) is 17.3 Å². The Bertz CT molecular complexity index is 1160. The number of amides is 1. The van der Waals surface area contributed by atoms with Crippen LogP contribution in [0.1, 0.15) is 27.2 Å². The van der Waals surface area contributed by atoms with E-state index in [1.807, 2.05) is 45.0 Å². The Morgan fingerprint density at radius 2 is 2.13 bits per heavy atom. The number of H-pyrrole nitrogens is 2. The average Bonchev–Trinajstić information content (AvgIpc) is 3.35. The van der Waals surface area contributed by atoms with E-state index in [0.717, 1.165) is 17.2 Å². The average molecular weight is 426 g/mol. The highest BCUT2D eigenvalue weighted by Gasteiger charge is 2.30. The monoisotopic (exact) mass is 426 g/mol. The van der Waals surface area contributed by atoms with Crippen molar-refractivity contribution in [3.05, 3.63) is 34.7 Å². The number of hydrogen-bond acceptors (Lipinski definition) is 7. The van der Waals surface area contributed by atoms with Crippen LogP contribution in [0.15, 0.2) is 29.1 Å². The summed E-state index contributed by atoms with van der Waals surface area (Å²) in [5.74, 6) is 1.63. The van der Waals surface area contributed by atoms with Crippen LogP contribution in [-0.2, 0) is 4.74 Å². The van der Waals surface area contributed by atoms with Gasteiger partial charge in [-0.25, -0.2) is 19.7 Å². The van der Waals surface area contributed by atoms with Gasteiger partial charge in [-0.2, -0.15) is 5.10 Å². The maximum Gasteiger partial charge on any atom is 0.410 e. The summed E-state index contributed by atoms with van der Waals surface area (Å²) in [6.45, 7) is 6.64. The molecular formula is C21H26N6O4. The Hall–Kier alpha value is -3.56. The summed E-state index contributed by atoms with van der Waals surface area (Å²) < 4.78 is 11.0. The molecule has 31 heavy (non-hydrogen) atoms. The lowest BCUT2D eigenvalue weighted by Crippen LogP contribution is -2.36. The summed E-state index contributed by atoms with van der Waals surface area (Å²) in [5, 5.41) is 11.5. The highest BCUT2D eigenvalue weighted by Crippen LogP contribution is 2.34. The van der Waals surface area contributed by atoms with Gasteiger partial charge in [0, 0.05) is 19.1 Å². The van der Waals surface area contributed by atoms with Crippen molar-refractivity contribution < 1.29 is 14.3 Å². The van der Waals surface area contributed by atoms with E-state index in [1.165, 1.54) is 0 Å². The zero-order valence-electron chi connectivity index (χ0n) is 18.0. The molecule has 0 saturated carbocycles. The highest BCUT2D eigenvalue weighted by molar-refractivity contribution is 5.99. The minimum atomic E-state index is -0.539. The molecule has 1 aliphatic rings. The van der Waals surface area contributed by atoms with Gasteiger partial charge in [-0.15, -0.1) is 0 Å². The van der Waals surface area contributed by atoms with Crippen LogP contribution in [0.5, 0.6) is 5.75 Å². The molecule has 164 valence electrons. The maximum atomic E-state index is 12.4. The normalized spacial score (nSPS) is 16.5. The predicted octanol–water partition coefficient (Wildman–Crippen LogP) is 2.74. The van der Waals surface area contributed by atoms with E-state index < -0.39 is 11.3 Å². The standard InChI is InChI=1S/C21H26N6O4/c1-21(2,3)31-20(29)27-9-8-13(11-27)22-18-16-12(6-5-7-15(16)30-4)10-14(23-18)17-24-19(28)26-25-17/h5-7,10,13H,8-9,11H2,1-4H3,(H,22,23)(H2,24,25,26,28). The van der Waals surface area contributed by atoms with Crippen molar-refractivity contribution in [2.24, 2.45) is 0 Å². The van der Waals surface area contributed by atoms with Crippen LogP contribution < -0.4 is 15.7 Å². The predicted molar refractivity (Wildman–Crippen MR) is 116 cm³/mol. The number of anilines is 1. The van der Waals surface area contributed by atoms with E-state index in [1.54, 1.807) is 12.0 Å². The lowest BCUT2D eigenvalue weighted by atomic mass is 10.1. The Labute approximate surface area is 179 Å². The molecule has 1 unspecified atom stereocenters. The highest BCUT2D eigenvalue weighted by atomic mass is 16.6. The number of likely N-dealkylation sites (tertiary alicyclic amines) is 1. The van der Waals surface area contributed by atoms with E-state index in [4.69, 9.17) is 14.5 Å². The number of rotatable bonds is 4. The van der Waals surface area contributed by atoms with Crippen LogP contribution in [-0.4, -0.2) is 63.0 Å². The van der Waals surface area contributed by atoms with Crippen LogP contribution in [0.2, 0.25) is 0 Å². The second-order valence-corrected chi connectivity index (χ2v) is 8.50. The van der Waals surface area contributed by atoms with Crippen molar-refractivity contribution in [3.63, 3.8) is 0 Å². The summed E-state index contributed by atoms with van der Waals surface area (Å²) in [6.07, 6.45) is 0.427. The van der Waals surface area contributed by atoms with Gasteiger partial charge in [0.1, 0.15) is 22.9 Å². The van der Waals surface area contributed by atoms with Crippen LogP contribution in [0.4, 0.5) is 10.6 Å². The molecule has 0 bridgehead atoms. The quantitative estimate of drug-likeness (QED) is 0.586. The molecule has 1 aliphatic heterocycles. The van der Waals surface area contributed by atoms with Gasteiger partial charge in [0.05, 0.1) is 12.5 Å². The number of nitrogens with one attached hydrogen (secondary N) is 3. The van der Waals surface area contributed by atoms with Crippen molar-refractivity contribution in [2.75, 3.05) is 25.5 Å². The molecule has 0 radical (unpaired) electrons. The van der Waals surface area contributed by atoms with Crippen molar-refractivity contribution >= 4 is 22.7 Å². The molecule has 0 spiro atoms. The number of nitrogens with zero attached hydrogens (tertiary/aromatic N) is 3. The summed E-state index contributed by atoms with van der Waals surface area (Å²) in [4.78, 5) is 32.9. The second-order valence-electron chi connectivity index (χ2n) is 8.50.